The van der Waals surface area contributed by atoms with Gasteiger partial charge in [0.05, 0.1) is 12.2 Å². The van der Waals surface area contributed by atoms with Gasteiger partial charge in [-0.3, -0.25) is 14.7 Å². The van der Waals surface area contributed by atoms with Gasteiger partial charge < -0.3 is 5.11 Å². The molecule has 0 amide bonds. The van der Waals surface area contributed by atoms with E-state index in [4.69, 9.17) is 5.11 Å². The Morgan fingerprint density at radius 1 is 1.29 bits per heavy atom. The van der Waals surface area contributed by atoms with Crippen LogP contribution < -0.4 is 0 Å². The van der Waals surface area contributed by atoms with E-state index in [1.165, 1.54) is 0 Å². The third-order valence-electron chi connectivity index (χ3n) is 3.01. The van der Waals surface area contributed by atoms with Crippen LogP contribution in [0.5, 0.6) is 0 Å². The molecular formula is C16H17BrN2O2. The minimum Gasteiger partial charge on any atom is -0.480 e. The molecule has 1 aromatic heterocycles. The van der Waals surface area contributed by atoms with Crippen LogP contribution in [0.1, 0.15) is 16.8 Å². The Labute approximate surface area is 132 Å². The van der Waals surface area contributed by atoms with Crippen LogP contribution in [0.3, 0.4) is 0 Å². The molecule has 21 heavy (non-hydrogen) atoms. The Bertz CT molecular complexity index is 614. The van der Waals surface area contributed by atoms with Crippen molar-refractivity contribution in [2.45, 2.75) is 20.0 Å². The number of aromatic nitrogens is 1. The lowest BCUT2D eigenvalue weighted by Gasteiger charge is -2.20. The molecule has 0 unspecified atom stereocenters. The maximum absolute atomic E-state index is 11.0. The molecule has 0 saturated heterocycles. The molecular weight excluding hydrogens is 332 g/mol. The Morgan fingerprint density at radius 3 is 2.71 bits per heavy atom. The summed E-state index contributed by atoms with van der Waals surface area (Å²) in [6, 6.07) is 11.8. The van der Waals surface area contributed by atoms with Crippen molar-refractivity contribution >= 4 is 21.9 Å². The van der Waals surface area contributed by atoms with Crippen molar-refractivity contribution in [1.29, 1.82) is 0 Å². The summed E-state index contributed by atoms with van der Waals surface area (Å²) < 4.78 is 0.990. The van der Waals surface area contributed by atoms with E-state index in [9.17, 15) is 4.79 Å². The van der Waals surface area contributed by atoms with Gasteiger partial charge in [-0.1, -0.05) is 34.1 Å². The molecule has 1 aromatic carbocycles. The van der Waals surface area contributed by atoms with Crippen molar-refractivity contribution in [1.82, 2.24) is 9.88 Å². The predicted molar refractivity (Wildman–Crippen MR) is 84.9 cm³/mol. The number of carbonyl (C=O) groups is 1. The average molecular weight is 349 g/mol. The molecule has 110 valence electrons. The monoisotopic (exact) mass is 348 g/mol. The molecule has 0 bridgehead atoms. The highest BCUT2D eigenvalue weighted by Crippen LogP contribution is 2.14. The van der Waals surface area contributed by atoms with Crippen LogP contribution in [0.4, 0.5) is 0 Å². The average Bonchev–Trinajstić information content (AvgIpc) is 2.40. The van der Waals surface area contributed by atoms with E-state index >= 15 is 0 Å². The fourth-order valence-electron chi connectivity index (χ4n) is 2.07. The molecule has 2 rings (SSSR count). The number of aliphatic carboxylic acids is 1. The zero-order chi connectivity index (χ0) is 15.2. The first-order valence-corrected chi connectivity index (χ1v) is 7.42. The van der Waals surface area contributed by atoms with Gasteiger partial charge in [-0.05, 0) is 36.2 Å². The van der Waals surface area contributed by atoms with Gasteiger partial charge in [0.15, 0.2) is 0 Å². The number of hydrogen-bond donors (Lipinski definition) is 1. The van der Waals surface area contributed by atoms with E-state index < -0.39 is 5.97 Å². The Balaban J connectivity index is 2.10. The molecule has 5 heteroatoms. The molecule has 0 saturated carbocycles. The maximum atomic E-state index is 11.0. The Hall–Kier alpha value is -1.72. The summed E-state index contributed by atoms with van der Waals surface area (Å²) in [6.45, 7) is 3.05. The molecule has 0 atom stereocenters. The highest BCUT2D eigenvalue weighted by Gasteiger charge is 2.12. The van der Waals surface area contributed by atoms with Gasteiger partial charge in [0.1, 0.15) is 0 Å². The number of benzene rings is 1. The number of hydrogen-bond acceptors (Lipinski definition) is 3. The zero-order valence-corrected chi connectivity index (χ0v) is 13.4. The molecule has 0 radical (unpaired) electrons. The van der Waals surface area contributed by atoms with Crippen molar-refractivity contribution in [3.05, 3.63) is 63.9 Å². The molecule has 2 aromatic rings. The summed E-state index contributed by atoms with van der Waals surface area (Å²) in [6.07, 6.45) is 1.80. The van der Waals surface area contributed by atoms with Gasteiger partial charge >= 0.3 is 5.97 Å². The molecule has 0 aliphatic carbocycles. The second-order valence-electron chi connectivity index (χ2n) is 5.00. The van der Waals surface area contributed by atoms with Crippen LogP contribution in [0.2, 0.25) is 0 Å². The van der Waals surface area contributed by atoms with E-state index in [-0.39, 0.29) is 6.54 Å². The van der Waals surface area contributed by atoms with E-state index in [2.05, 4.69) is 20.9 Å². The Morgan fingerprint density at radius 2 is 2.10 bits per heavy atom. The highest BCUT2D eigenvalue weighted by atomic mass is 79.9. The van der Waals surface area contributed by atoms with Crippen molar-refractivity contribution in [2.75, 3.05) is 6.54 Å². The molecule has 0 spiro atoms. The maximum Gasteiger partial charge on any atom is 0.317 e. The normalized spacial score (nSPS) is 10.8. The number of rotatable bonds is 6. The third-order valence-corrected chi connectivity index (χ3v) is 3.51. The summed E-state index contributed by atoms with van der Waals surface area (Å²) in [5.74, 6) is -0.836. The number of aryl methyl sites for hydroxylation is 1. The van der Waals surface area contributed by atoms with Crippen LogP contribution >= 0.6 is 15.9 Å². The van der Waals surface area contributed by atoms with Crippen molar-refractivity contribution < 1.29 is 9.90 Å². The molecule has 1 N–H and O–H groups in total. The van der Waals surface area contributed by atoms with E-state index in [0.717, 1.165) is 21.3 Å². The highest BCUT2D eigenvalue weighted by molar-refractivity contribution is 9.10. The quantitative estimate of drug-likeness (QED) is 0.870. The topological polar surface area (TPSA) is 53.4 Å². The lowest BCUT2D eigenvalue weighted by molar-refractivity contribution is -0.138. The smallest absolute Gasteiger partial charge is 0.317 e. The summed E-state index contributed by atoms with van der Waals surface area (Å²) >= 11 is 3.43. The van der Waals surface area contributed by atoms with Crippen LogP contribution in [0, 0.1) is 6.92 Å². The molecule has 0 fully saturated rings. The number of pyridine rings is 1. The minimum atomic E-state index is -0.836. The lowest BCUT2D eigenvalue weighted by atomic mass is 10.2. The fraction of sp³-hybridized carbons (Fsp3) is 0.250. The summed E-state index contributed by atoms with van der Waals surface area (Å²) in [4.78, 5) is 17.2. The lowest BCUT2D eigenvalue weighted by Crippen LogP contribution is -2.29. The van der Waals surface area contributed by atoms with Crippen molar-refractivity contribution in [3.8, 4) is 0 Å². The number of carboxylic acids is 1. The standard InChI is InChI=1S/C16H17BrN2O2/c1-12-5-6-15(18-8-12)10-19(11-16(20)21)9-13-3-2-4-14(17)7-13/h2-8H,9-11H2,1H3,(H,20,21). The molecule has 0 aliphatic heterocycles. The first kappa shape index (κ1) is 15.7. The van der Waals surface area contributed by atoms with Gasteiger partial charge in [-0.15, -0.1) is 0 Å². The molecule has 1 heterocycles. The second kappa shape index (κ2) is 7.33. The molecule has 4 nitrogen and oxygen atoms in total. The minimum absolute atomic E-state index is 0.0118. The van der Waals surface area contributed by atoms with Gasteiger partial charge in [0.2, 0.25) is 0 Å². The largest absolute Gasteiger partial charge is 0.480 e. The summed E-state index contributed by atoms with van der Waals surface area (Å²) in [5, 5.41) is 9.07. The van der Waals surface area contributed by atoms with Crippen LogP contribution in [-0.2, 0) is 17.9 Å². The fourth-order valence-corrected chi connectivity index (χ4v) is 2.52. The number of nitrogens with zero attached hydrogens (tertiary/aromatic N) is 2. The van der Waals surface area contributed by atoms with Gasteiger partial charge in [-0.2, -0.15) is 0 Å². The predicted octanol–water partition coefficient (Wildman–Crippen LogP) is 3.24. The second-order valence-corrected chi connectivity index (χ2v) is 5.91. The third kappa shape index (κ3) is 5.28. The van der Waals surface area contributed by atoms with E-state index in [0.29, 0.717) is 13.1 Å². The van der Waals surface area contributed by atoms with E-state index in [1.807, 2.05) is 48.2 Å². The van der Waals surface area contributed by atoms with Crippen molar-refractivity contribution in [3.63, 3.8) is 0 Å². The van der Waals surface area contributed by atoms with Crippen LogP contribution in [0.15, 0.2) is 47.1 Å². The Kier molecular flexibility index (Phi) is 5.47. The van der Waals surface area contributed by atoms with Gasteiger partial charge in [0.25, 0.3) is 0 Å². The number of halogens is 1. The first-order valence-electron chi connectivity index (χ1n) is 6.63. The zero-order valence-electron chi connectivity index (χ0n) is 11.8. The van der Waals surface area contributed by atoms with Crippen LogP contribution in [0.25, 0.3) is 0 Å². The van der Waals surface area contributed by atoms with Crippen molar-refractivity contribution in [2.24, 2.45) is 0 Å². The van der Waals surface area contributed by atoms with Crippen LogP contribution in [-0.4, -0.2) is 27.5 Å². The summed E-state index contributed by atoms with van der Waals surface area (Å²) in [5.41, 5.74) is 3.03. The van der Waals surface area contributed by atoms with Gasteiger partial charge in [-0.25, -0.2) is 0 Å². The summed E-state index contributed by atoms with van der Waals surface area (Å²) in [7, 11) is 0. The number of carboxylic acid groups (broad SMARTS) is 1. The van der Waals surface area contributed by atoms with E-state index in [1.54, 1.807) is 6.20 Å². The molecule has 0 aliphatic rings. The van der Waals surface area contributed by atoms with Gasteiger partial charge in [0, 0.05) is 23.8 Å². The first-order chi connectivity index (χ1) is 10.0. The SMILES string of the molecule is Cc1ccc(CN(CC(=O)O)Cc2cccc(Br)c2)nc1.